The first-order chi connectivity index (χ1) is 10.1. The zero-order valence-corrected chi connectivity index (χ0v) is 12.8. The van der Waals surface area contributed by atoms with Crippen LogP contribution in [0, 0.1) is 17.3 Å². The molecule has 0 bridgehead atoms. The normalized spacial score (nSPS) is 33.8. The molecule has 0 heterocycles. The van der Waals surface area contributed by atoms with Gasteiger partial charge < -0.3 is 4.74 Å². The maximum Gasteiger partial charge on any atom is 0.139 e. The molecule has 1 fully saturated rings. The van der Waals surface area contributed by atoms with Gasteiger partial charge in [0.05, 0.1) is 7.11 Å². The molecule has 110 valence electrons. The van der Waals surface area contributed by atoms with Crippen molar-refractivity contribution < 1.29 is 9.53 Å². The number of rotatable bonds is 1. The Morgan fingerprint density at radius 2 is 2.10 bits per heavy atom. The van der Waals surface area contributed by atoms with Crippen LogP contribution in [0.4, 0.5) is 0 Å². The van der Waals surface area contributed by atoms with Crippen LogP contribution in [0.5, 0.6) is 5.75 Å². The zero-order chi connectivity index (χ0) is 14.6. The summed E-state index contributed by atoms with van der Waals surface area (Å²) in [6.45, 7) is 2.20. The first-order valence-electron chi connectivity index (χ1n) is 8.04. The summed E-state index contributed by atoms with van der Waals surface area (Å²) in [4.78, 5) is 12.3. The third-order valence-corrected chi connectivity index (χ3v) is 6.12. The largest absolute Gasteiger partial charge is 0.497 e. The second-order valence-corrected chi connectivity index (χ2v) is 7.02. The summed E-state index contributed by atoms with van der Waals surface area (Å²) in [5.74, 6) is 2.57. The maximum absolute atomic E-state index is 12.3. The lowest BCUT2D eigenvalue weighted by Gasteiger charge is -2.43. The van der Waals surface area contributed by atoms with Crippen molar-refractivity contribution in [3.8, 4) is 5.75 Å². The molecule has 0 aromatic heterocycles. The van der Waals surface area contributed by atoms with E-state index in [9.17, 15) is 4.79 Å². The molecule has 4 rings (SSSR count). The van der Waals surface area contributed by atoms with Crippen LogP contribution in [0.1, 0.15) is 43.7 Å². The minimum Gasteiger partial charge on any atom is -0.497 e. The molecule has 2 nitrogen and oxygen atoms in total. The van der Waals surface area contributed by atoms with Crippen molar-refractivity contribution in [2.45, 2.75) is 39.0 Å². The highest BCUT2D eigenvalue weighted by molar-refractivity contribution is 5.89. The van der Waals surface area contributed by atoms with E-state index in [2.05, 4.69) is 31.2 Å². The summed E-state index contributed by atoms with van der Waals surface area (Å²) in [6, 6.07) is 6.46. The number of hydrogen-bond donors (Lipinski definition) is 0. The molecule has 1 aromatic rings. The topological polar surface area (TPSA) is 26.3 Å². The van der Waals surface area contributed by atoms with Crippen molar-refractivity contribution in [3.63, 3.8) is 0 Å². The Morgan fingerprint density at radius 1 is 1.24 bits per heavy atom. The van der Waals surface area contributed by atoms with Gasteiger partial charge >= 0.3 is 0 Å². The van der Waals surface area contributed by atoms with Gasteiger partial charge in [0, 0.05) is 11.8 Å². The van der Waals surface area contributed by atoms with Crippen LogP contribution in [0.3, 0.4) is 0 Å². The predicted octanol–water partition coefficient (Wildman–Crippen LogP) is 4.03. The van der Waals surface area contributed by atoms with E-state index in [1.54, 1.807) is 7.11 Å². The molecule has 0 aliphatic heterocycles. The van der Waals surface area contributed by atoms with Crippen molar-refractivity contribution in [3.05, 3.63) is 35.4 Å². The number of carbonyl (C=O) groups is 1. The van der Waals surface area contributed by atoms with Crippen LogP contribution in [-0.2, 0) is 11.2 Å². The average Bonchev–Trinajstić information content (AvgIpc) is 2.82. The third-order valence-electron chi connectivity index (χ3n) is 6.12. The Morgan fingerprint density at radius 3 is 2.90 bits per heavy atom. The van der Waals surface area contributed by atoms with Gasteiger partial charge in [0.1, 0.15) is 11.5 Å². The Hall–Kier alpha value is -1.57. The quantitative estimate of drug-likeness (QED) is 0.777. The lowest BCUT2D eigenvalue weighted by atomic mass is 9.60. The molecular weight excluding hydrogens is 260 g/mol. The Balaban J connectivity index is 1.78. The number of fused-ring (bicyclic) bond motifs is 5. The molecule has 0 amide bonds. The van der Waals surface area contributed by atoms with Crippen LogP contribution in [0.15, 0.2) is 24.3 Å². The van der Waals surface area contributed by atoms with Crippen LogP contribution in [0.2, 0.25) is 0 Å². The molecule has 3 aliphatic rings. The molecule has 0 spiro atoms. The third kappa shape index (κ3) is 1.74. The molecule has 0 radical (unpaired) electrons. The smallest absolute Gasteiger partial charge is 0.139 e. The van der Waals surface area contributed by atoms with E-state index in [1.807, 2.05) is 0 Å². The van der Waals surface area contributed by atoms with Crippen LogP contribution >= 0.6 is 0 Å². The molecule has 1 aromatic carbocycles. The van der Waals surface area contributed by atoms with E-state index in [1.165, 1.54) is 23.1 Å². The molecule has 1 saturated carbocycles. The number of carbonyl (C=O) groups excluding carboxylic acids is 1. The standard InChI is InChI=1S/C19H22O2/c1-19-10-9-15-14-6-4-13(21-2)11-12(14)3-5-16(15)17(19)7-8-18(19)20/h4,6,9,11,16-17H,3,5,7-8,10H2,1-2H3/t16?,17-,19+/m1/s1. The second-order valence-electron chi connectivity index (χ2n) is 7.02. The number of Topliss-reactive ketones (excluding diaryl/α,β-unsaturated/α-hetero) is 1. The monoisotopic (exact) mass is 282 g/mol. The number of aryl methyl sites for hydroxylation is 1. The molecular formula is C19H22O2. The highest BCUT2D eigenvalue weighted by atomic mass is 16.5. The van der Waals surface area contributed by atoms with Gasteiger partial charge in [-0.2, -0.15) is 0 Å². The van der Waals surface area contributed by atoms with Gasteiger partial charge in [-0.1, -0.05) is 19.1 Å². The minimum absolute atomic E-state index is 0.0852. The zero-order valence-electron chi connectivity index (χ0n) is 12.8. The van der Waals surface area contributed by atoms with Crippen molar-refractivity contribution in [1.82, 2.24) is 0 Å². The van der Waals surface area contributed by atoms with Crippen molar-refractivity contribution in [1.29, 1.82) is 0 Å². The number of hydrogen-bond acceptors (Lipinski definition) is 2. The summed E-state index contributed by atoms with van der Waals surface area (Å²) in [7, 11) is 1.73. The van der Waals surface area contributed by atoms with E-state index in [0.717, 1.165) is 31.4 Å². The van der Waals surface area contributed by atoms with Crippen molar-refractivity contribution in [2.24, 2.45) is 17.3 Å². The molecule has 21 heavy (non-hydrogen) atoms. The van der Waals surface area contributed by atoms with Gasteiger partial charge in [-0.05, 0) is 66.4 Å². The van der Waals surface area contributed by atoms with Crippen LogP contribution in [0.25, 0.3) is 5.57 Å². The lowest BCUT2D eigenvalue weighted by molar-refractivity contribution is -0.126. The molecule has 0 N–H and O–H groups in total. The summed E-state index contributed by atoms with van der Waals surface area (Å²) in [6.07, 6.45) is 7.44. The van der Waals surface area contributed by atoms with Crippen LogP contribution < -0.4 is 4.74 Å². The summed E-state index contributed by atoms with van der Waals surface area (Å²) in [5, 5.41) is 0. The number of benzene rings is 1. The van der Waals surface area contributed by atoms with Gasteiger partial charge in [-0.15, -0.1) is 0 Å². The first kappa shape index (κ1) is 13.1. The molecule has 3 atom stereocenters. The fourth-order valence-corrected chi connectivity index (χ4v) is 4.86. The molecule has 1 unspecified atom stereocenters. The first-order valence-corrected chi connectivity index (χ1v) is 8.04. The van der Waals surface area contributed by atoms with Gasteiger partial charge in [-0.3, -0.25) is 4.79 Å². The lowest BCUT2D eigenvalue weighted by Crippen LogP contribution is -2.38. The fraction of sp³-hybridized carbons (Fsp3) is 0.526. The van der Waals surface area contributed by atoms with E-state index >= 15 is 0 Å². The summed E-state index contributed by atoms with van der Waals surface area (Å²) in [5.41, 5.74) is 4.22. The number of ether oxygens (including phenoxy) is 1. The van der Waals surface area contributed by atoms with E-state index in [4.69, 9.17) is 4.74 Å². The van der Waals surface area contributed by atoms with Gasteiger partial charge in [0.25, 0.3) is 0 Å². The minimum atomic E-state index is -0.0852. The highest BCUT2D eigenvalue weighted by Gasteiger charge is 2.51. The average molecular weight is 282 g/mol. The maximum atomic E-state index is 12.3. The fourth-order valence-electron chi connectivity index (χ4n) is 4.86. The van der Waals surface area contributed by atoms with Gasteiger partial charge in [0.15, 0.2) is 0 Å². The highest BCUT2D eigenvalue weighted by Crippen LogP contribution is 2.56. The Labute approximate surface area is 126 Å². The molecule has 3 aliphatic carbocycles. The second kappa shape index (κ2) is 4.46. The van der Waals surface area contributed by atoms with Gasteiger partial charge in [0.2, 0.25) is 0 Å². The van der Waals surface area contributed by atoms with Gasteiger partial charge in [-0.25, -0.2) is 0 Å². The van der Waals surface area contributed by atoms with E-state index in [0.29, 0.717) is 17.6 Å². The molecule has 0 saturated heterocycles. The number of methoxy groups -OCH3 is 1. The van der Waals surface area contributed by atoms with Crippen molar-refractivity contribution in [2.75, 3.05) is 7.11 Å². The number of ketones is 1. The van der Waals surface area contributed by atoms with E-state index < -0.39 is 0 Å². The number of allylic oxidation sites excluding steroid dienone is 2. The molecule has 2 heteroatoms. The Bertz CT molecular complexity index is 643. The van der Waals surface area contributed by atoms with E-state index in [-0.39, 0.29) is 5.41 Å². The Kier molecular flexibility index (Phi) is 2.79. The summed E-state index contributed by atoms with van der Waals surface area (Å²) < 4.78 is 5.35. The summed E-state index contributed by atoms with van der Waals surface area (Å²) >= 11 is 0. The SMILES string of the molecule is COc1ccc2c(c1)CCC1C2=CC[C@]2(C)C(=O)CC[C@H]12. The predicted molar refractivity (Wildman–Crippen MR) is 83.2 cm³/mol. The van der Waals surface area contributed by atoms with Crippen LogP contribution in [-0.4, -0.2) is 12.9 Å². The van der Waals surface area contributed by atoms with Crippen molar-refractivity contribution >= 4 is 11.4 Å².